The quantitative estimate of drug-likeness (QED) is 0.753. The van der Waals surface area contributed by atoms with Gasteiger partial charge >= 0.3 is 0 Å². The lowest BCUT2D eigenvalue weighted by Crippen LogP contribution is -2.49. The Labute approximate surface area is 139 Å². The minimum atomic E-state index is -3.22. The summed E-state index contributed by atoms with van der Waals surface area (Å²) in [6.45, 7) is 7.40. The number of piperazine rings is 1. The maximum Gasteiger partial charge on any atom is 0.216 e. The molecule has 0 amide bonds. The summed E-state index contributed by atoms with van der Waals surface area (Å²) in [5, 5.41) is 0. The Morgan fingerprint density at radius 3 is 2.52 bits per heavy atom. The molecule has 1 aliphatic heterocycles. The molecule has 23 heavy (non-hydrogen) atoms. The van der Waals surface area contributed by atoms with E-state index >= 15 is 0 Å². The first-order valence-electron chi connectivity index (χ1n) is 8.03. The number of hydrogen-bond acceptors (Lipinski definition) is 5. The first-order chi connectivity index (χ1) is 10.9. The van der Waals surface area contributed by atoms with Crippen molar-refractivity contribution in [2.75, 3.05) is 44.3 Å². The van der Waals surface area contributed by atoms with E-state index in [4.69, 9.17) is 10.5 Å². The molecule has 6 nitrogen and oxygen atoms in total. The van der Waals surface area contributed by atoms with Gasteiger partial charge in [-0.15, -0.1) is 0 Å². The van der Waals surface area contributed by atoms with Crippen molar-refractivity contribution in [1.82, 2.24) is 9.21 Å². The number of hydrogen-bond donors (Lipinski definition) is 1. The van der Waals surface area contributed by atoms with Gasteiger partial charge in [-0.05, 0) is 31.5 Å². The third-order valence-corrected chi connectivity index (χ3v) is 5.71. The third kappa shape index (κ3) is 5.76. The van der Waals surface area contributed by atoms with E-state index in [9.17, 15) is 8.42 Å². The van der Waals surface area contributed by atoms with Crippen molar-refractivity contribution in [1.29, 1.82) is 0 Å². The van der Waals surface area contributed by atoms with Crippen LogP contribution in [-0.4, -0.2) is 62.3 Å². The monoisotopic (exact) mass is 341 g/mol. The number of anilines is 1. The zero-order valence-corrected chi connectivity index (χ0v) is 14.8. The predicted molar refractivity (Wildman–Crippen MR) is 92.6 cm³/mol. The Balaban J connectivity index is 1.81. The number of nitrogens with zero attached hydrogens (tertiary/aromatic N) is 2. The van der Waals surface area contributed by atoms with Crippen LogP contribution in [-0.2, 0) is 21.3 Å². The van der Waals surface area contributed by atoms with E-state index in [1.807, 2.05) is 38.1 Å². The number of rotatable bonds is 7. The highest BCUT2D eigenvalue weighted by molar-refractivity contribution is 7.89. The fraction of sp³-hybridized carbons (Fsp3) is 0.625. The van der Waals surface area contributed by atoms with Gasteiger partial charge in [0.15, 0.2) is 0 Å². The number of ether oxygens (including phenoxy) is 1. The summed E-state index contributed by atoms with van der Waals surface area (Å²) in [6.07, 6.45) is 0.0559. The van der Waals surface area contributed by atoms with Crippen molar-refractivity contribution >= 4 is 15.7 Å². The Kier molecular flexibility index (Phi) is 6.41. The van der Waals surface area contributed by atoms with Crippen LogP contribution in [0.4, 0.5) is 5.69 Å². The Morgan fingerprint density at radius 1 is 1.22 bits per heavy atom. The van der Waals surface area contributed by atoms with Gasteiger partial charge in [0.05, 0.1) is 18.5 Å². The highest BCUT2D eigenvalue weighted by Crippen LogP contribution is 2.13. The molecule has 1 saturated heterocycles. The lowest BCUT2D eigenvalue weighted by Gasteiger charge is -2.34. The molecular weight excluding hydrogens is 314 g/mol. The number of nitrogens with two attached hydrogens (primary N) is 1. The molecule has 0 aliphatic carbocycles. The summed E-state index contributed by atoms with van der Waals surface area (Å²) in [5.74, 6) is 0.0560. The molecular formula is C16H27N3O3S. The van der Waals surface area contributed by atoms with Gasteiger partial charge in [-0.1, -0.05) is 12.1 Å². The number of benzene rings is 1. The molecule has 0 atom stereocenters. The molecule has 0 bridgehead atoms. The molecule has 0 aromatic heterocycles. The van der Waals surface area contributed by atoms with Gasteiger partial charge in [-0.25, -0.2) is 8.42 Å². The summed E-state index contributed by atoms with van der Waals surface area (Å²) in [4.78, 5) is 2.26. The fourth-order valence-corrected chi connectivity index (χ4v) is 3.92. The highest BCUT2D eigenvalue weighted by atomic mass is 32.2. The van der Waals surface area contributed by atoms with Crippen LogP contribution in [0.2, 0.25) is 0 Å². The SMILES string of the molecule is CC(C)OCCS(=O)(=O)N1CCN(Cc2cccc(N)c2)CC1. The Bertz CT molecular complexity index is 596. The molecule has 0 spiro atoms. The highest BCUT2D eigenvalue weighted by Gasteiger charge is 2.26. The van der Waals surface area contributed by atoms with E-state index in [-0.39, 0.29) is 18.5 Å². The fourth-order valence-electron chi connectivity index (χ4n) is 2.63. The van der Waals surface area contributed by atoms with Gasteiger partial charge in [-0.3, -0.25) is 4.90 Å². The molecule has 1 aromatic carbocycles. The molecule has 1 fully saturated rings. The minimum absolute atomic E-state index is 0.0559. The molecule has 1 aromatic rings. The second-order valence-electron chi connectivity index (χ2n) is 6.16. The first-order valence-corrected chi connectivity index (χ1v) is 9.64. The van der Waals surface area contributed by atoms with Crippen molar-refractivity contribution in [3.63, 3.8) is 0 Å². The van der Waals surface area contributed by atoms with Crippen molar-refractivity contribution < 1.29 is 13.2 Å². The van der Waals surface area contributed by atoms with Crippen molar-refractivity contribution in [2.45, 2.75) is 26.5 Å². The van der Waals surface area contributed by atoms with E-state index < -0.39 is 10.0 Å². The average molecular weight is 341 g/mol. The zero-order valence-electron chi connectivity index (χ0n) is 13.9. The molecule has 130 valence electrons. The van der Waals surface area contributed by atoms with Gasteiger partial charge in [0.1, 0.15) is 0 Å². The molecule has 2 rings (SSSR count). The maximum atomic E-state index is 12.3. The van der Waals surface area contributed by atoms with Gasteiger partial charge in [0.25, 0.3) is 0 Å². The molecule has 7 heteroatoms. The summed E-state index contributed by atoms with van der Waals surface area (Å²) in [6, 6.07) is 7.82. The van der Waals surface area contributed by atoms with Crippen LogP contribution >= 0.6 is 0 Å². The summed E-state index contributed by atoms with van der Waals surface area (Å²) in [7, 11) is -3.22. The summed E-state index contributed by atoms with van der Waals surface area (Å²) >= 11 is 0. The number of nitrogen functional groups attached to an aromatic ring is 1. The van der Waals surface area contributed by atoms with Gasteiger partial charge in [0, 0.05) is 38.4 Å². The lowest BCUT2D eigenvalue weighted by atomic mass is 10.2. The van der Waals surface area contributed by atoms with Crippen LogP contribution in [0.15, 0.2) is 24.3 Å². The molecule has 1 heterocycles. The molecule has 0 unspecified atom stereocenters. The lowest BCUT2D eigenvalue weighted by molar-refractivity contribution is 0.0902. The Morgan fingerprint density at radius 2 is 1.91 bits per heavy atom. The van der Waals surface area contributed by atoms with Crippen molar-refractivity contribution in [3.05, 3.63) is 29.8 Å². The topological polar surface area (TPSA) is 75.9 Å². The first kappa shape index (κ1) is 18.2. The summed E-state index contributed by atoms with van der Waals surface area (Å²) < 4.78 is 31.5. The van der Waals surface area contributed by atoms with Gasteiger partial charge < -0.3 is 10.5 Å². The van der Waals surface area contributed by atoms with Gasteiger partial charge in [0.2, 0.25) is 10.0 Å². The molecule has 1 aliphatic rings. The average Bonchev–Trinajstić information content (AvgIpc) is 2.47. The third-order valence-electron chi connectivity index (χ3n) is 3.87. The van der Waals surface area contributed by atoms with E-state index in [0.29, 0.717) is 13.1 Å². The second kappa shape index (κ2) is 8.10. The van der Waals surface area contributed by atoms with Crippen LogP contribution in [0.25, 0.3) is 0 Å². The minimum Gasteiger partial charge on any atom is -0.399 e. The molecule has 0 radical (unpaired) electrons. The van der Waals surface area contributed by atoms with E-state index in [1.54, 1.807) is 4.31 Å². The Hall–Kier alpha value is -1.15. The van der Waals surface area contributed by atoms with Crippen LogP contribution in [0.3, 0.4) is 0 Å². The van der Waals surface area contributed by atoms with E-state index in [2.05, 4.69) is 4.90 Å². The number of sulfonamides is 1. The second-order valence-corrected chi connectivity index (χ2v) is 8.24. The van der Waals surface area contributed by atoms with Crippen LogP contribution in [0, 0.1) is 0 Å². The summed E-state index contributed by atoms with van der Waals surface area (Å²) in [5.41, 5.74) is 7.71. The predicted octanol–water partition coefficient (Wildman–Crippen LogP) is 1.14. The maximum absolute atomic E-state index is 12.3. The van der Waals surface area contributed by atoms with E-state index in [1.165, 1.54) is 0 Å². The largest absolute Gasteiger partial charge is 0.399 e. The van der Waals surface area contributed by atoms with Crippen molar-refractivity contribution in [2.24, 2.45) is 0 Å². The van der Waals surface area contributed by atoms with E-state index in [0.717, 1.165) is 30.9 Å². The smallest absolute Gasteiger partial charge is 0.216 e. The van der Waals surface area contributed by atoms with Crippen LogP contribution < -0.4 is 5.73 Å². The van der Waals surface area contributed by atoms with Crippen LogP contribution in [0.5, 0.6) is 0 Å². The van der Waals surface area contributed by atoms with Gasteiger partial charge in [-0.2, -0.15) is 4.31 Å². The molecule has 2 N–H and O–H groups in total. The normalized spacial score (nSPS) is 17.7. The zero-order chi connectivity index (χ0) is 16.9. The van der Waals surface area contributed by atoms with Crippen molar-refractivity contribution in [3.8, 4) is 0 Å². The standard InChI is InChI=1S/C16H27N3O3S/c1-14(2)22-10-11-23(20,21)19-8-6-18(7-9-19)13-15-4-3-5-16(17)12-15/h3-5,12,14H,6-11,13,17H2,1-2H3. The van der Waals surface area contributed by atoms with Crippen LogP contribution in [0.1, 0.15) is 19.4 Å². The molecule has 0 saturated carbocycles.